The van der Waals surface area contributed by atoms with Crippen LogP contribution in [0.5, 0.6) is 0 Å². The molecule has 4 nitrogen and oxygen atoms in total. The fourth-order valence-electron chi connectivity index (χ4n) is 2.11. The predicted octanol–water partition coefficient (Wildman–Crippen LogP) is 3.51. The molecule has 1 aromatic carbocycles. The third-order valence-electron chi connectivity index (χ3n) is 2.99. The van der Waals surface area contributed by atoms with Crippen LogP contribution in [0.3, 0.4) is 0 Å². The molecule has 0 aliphatic carbocycles. The number of hydrogen-bond donors (Lipinski definition) is 1. The molecule has 0 aliphatic heterocycles. The maximum absolute atomic E-state index is 11.0. The first-order valence-corrected chi connectivity index (χ1v) is 6.68. The van der Waals surface area contributed by atoms with Crippen LogP contribution in [0.15, 0.2) is 42.6 Å². The van der Waals surface area contributed by atoms with Crippen molar-refractivity contribution in [2.45, 2.75) is 20.8 Å². The van der Waals surface area contributed by atoms with Gasteiger partial charge < -0.3 is 10.2 Å². The highest BCUT2D eigenvalue weighted by molar-refractivity contribution is 5.87. The Labute approximate surface area is 119 Å². The van der Waals surface area contributed by atoms with Crippen LogP contribution in [0.4, 0.5) is 17.2 Å². The van der Waals surface area contributed by atoms with E-state index in [1.165, 1.54) is 12.5 Å². The molecular formula is C16H19N3O. The molecule has 1 heterocycles. The molecule has 0 atom stereocenters. The van der Waals surface area contributed by atoms with Gasteiger partial charge >= 0.3 is 0 Å². The topological polar surface area (TPSA) is 45.2 Å². The van der Waals surface area contributed by atoms with E-state index >= 15 is 0 Å². The highest BCUT2D eigenvalue weighted by Crippen LogP contribution is 2.25. The van der Waals surface area contributed by atoms with E-state index in [-0.39, 0.29) is 5.91 Å². The maximum Gasteiger partial charge on any atom is 0.222 e. The minimum Gasteiger partial charge on any atom is -0.341 e. The van der Waals surface area contributed by atoms with E-state index in [1.807, 2.05) is 18.2 Å². The molecule has 1 N–H and O–H groups in total. The van der Waals surface area contributed by atoms with Crippen LogP contribution in [-0.4, -0.2) is 17.4 Å². The number of amides is 1. The molecular weight excluding hydrogens is 250 g/mol. The molecule has 0 saturated heterocycles. The number of hydrogen-bond acceptors (Lipinski definition) is 3. The Balaban J connectivity index is 2.26. The Kier molecular flexibility index (Phi) is 4.35. The van der Waals surface area contributed by atoms with Crippen molar-refractivity contribution in [3.05, 3.63) is 48.2 Å². The molecule has 1 aromatic heterocycles. The monoisotopic (exact) mass is 269 g/mol. The van der Waals surface area contributed by atoms with Crippen molar-refractivity contribution in [1.82, 2.24) is 4.98 Å². The van der Waals surface area contributed by atoms with Crippen molar-refractivity contribution < 1.29 is 4.79 Å². The predicted molar refractivity (Wildman–Crippen MR) is 82.4 cm³/mol. The van der Waals surface area contributed by atoms with Gasteiger partial charge in [0.2, 0.25) is 5.91 Å². The molecule has 2 rings (SSSR count). The van der Waals surface area contributed by atoms with Gasteiger partial charge in [0.1, 0.15) is 5.82 Å². The molecule has 4 heteroatoms. The highest BCUT2D eigenvalue weighted by Gasteiger charge is 2.08. The number of nitrogens with zero attached hydrogens (tertiary/aromatic N) is 2. The largest absolute Gasteiger partial charge is 0.341 e. The van der Waals surface area contributed by atoms with E-state index in [0.717, 1.165) is 17.9 Å². The van der Waals surface area contributed by atoms with E-state index in [9.17, 15) is 4.79 Å². The minimum atomic E-state index is -0.115. The molecule has 104 valence electrons. The molecule has 0 radical (unpaired) electrons. The van der Waals surface area contributed by atoms with E-state index in [0.29, 0.717) is 5.82 Å². The molecule has 0 aliphatic rings. The molecule has 0 fully saturated rings. The standard InChI is InChI=1S/C16H19N3O/c1-4-19(14-7-5-6-12(2)10-14)15-8-9-16(17-11-15)18-13(3)20/h5-11H,4H2,1-3H3,(H,17,18,20). The van der Waals surface area contributed by atoms with Crippen LogP contribution in [0, 0.1) is 6.92 Å². The second-order valence-electron chi connectivity index (χ2n) is 4.67. The number of anilines is 3. The fraction of sp³-hybridized carbons (Fsp3) is 0.250. The van der Waals surface area contributed by atoms with Crippen LogP contribution >= 0.6 is 0 Å². The minimum absolute atomic E-state index is 0.115. The van der Waals surface area contributed by atoms with Gasteiger partial charge in [-0.05, 0) is 43.7 Å². The number of aryl methyl sites for hydroxylation is 1. The van der Waals surface area contributed by atoms with Crippen molar-refractivity contribution in [2.24, 2.45) is 0 Å². The smallest absolute Gasteiger partial charge is 0.222 e. The number of rotatable bonds is 4. The molecule has 1 amide bonds. The molecule has 0 spiro atoms. The summed E-state index contributed by atoms with van der Waals surface area (Å²) in [7, 11) is 0. The lowest BCUT2D eigenvalue weighted by molar-refractivity contribution is -0.114. The van der Waals surface area contributed by atoms with E-state index < -0.39 is 0 Å². The number of carbonyl (C=O) groups excluding carboxylic acids is 1. The van der Waals surface area contributed by atoms with Gasteiger partial charge in [0.25, 0.3) is 0 Å². The van der Waals surface area contributed by atoms with Gasteiger partial charge in [-0.15, -0.1) is 0 Å². The summed E-state index contributed by atoms with van der Waals surface area (Å²) >= 11 is 0. The van der Waals surface area contributed by atoms with Crippen molar-refractivity contribution in [1.29, 1.82) is 0 Å². The number of nitrogens with one attached hydrogen (secondary N) is 1. The third kappa shape index (κ3) is 3.35. The highest BCUT2D eigenvalue weighted by atomic mass is 16.1. The zero-order chi connectivity index (χ0) is 14.5. The van der Waals surface area contributed by atoms with Crippen LogP contribution in [0.25, 0.3) is 0 Å². The average Bonchev–Trinajstić information content (AvgIpc) is 2.41. The number of carbonyl (C=O) groups is 1. The quantitative estimate of drug-likeness (QED) is 0.923. The first-order valence-electron chi connectivity index (χ1n) is 6.68. The van der Waals surface area contributed by atoms with Gasteiger partial charge in [-0.1, -0.05) is 12.1 Å². The van der Waals surface area contributed by atoms with Gasteiger partial charge in [-0.2, -0.15) is 0 Å². The van der Waals surface area contributed by atoms with Crippen molar-refractivity contribution in [2.75, 3.05) is 16.8 Å². The number of aromatic nitrogens is 1. The SMILES string of the molecule is CCN(c1ccc(NC(C)=O)nc1)c1cccc(C)c1. The Bertz CT molecular complexity index is 593. The fourth-order valence-corrected chi connectivity index (χ4v) is 2.11. The van der Waals surface area contributed by atoms with E-state index in [2.05, 4.69) is 47.2 Å². The van der Waals surface area contributed by atoms with Gasteiger partial charge in [0, 0.05) is 19.2 Å². The Morgan fingerprint density at radius 1 is 1.25 bits per heavy atom. The molecule has 2 aromatic rings. The third-order valence-corrected chi connectivity index (χ3v) is 2.99. The van der Waals surface area contributed by atoms with Gasteiger partial charge in [0.05, 0.1) is 11.9 Å². The van der Waals surface area contributed by atoms with Crippen LogP contribution in [0.2, 0.25) is 0 Å². The van der Waals surface area contributed by atoms with E-state index in [4.69, 9.17) is 0 Å². The van der Waals surface area contributed by atoms with E-state index in [1.54, 1.807) is 6.20 Å². The summed E-state index contributed by atoms with van der Waals surface area (Å²) in [6.07, 6.45) is 1.77. The van der Waals surface area contributed by atoms with Crippen molar-refractivity contribution >= 4 is 23.1 Å². The number of pyridine rings is 1. The summed E-state index contributed by atoms with van der Waals surface area (Å²) in [5.41, 5.74) is 3.37. The van der Waals surface area contributed by atoms with Crippen LogP contribution in [-0.2, 0) is 4.79 Å². The Hall–Kier alpha value is -2.36. The van der Waals surface area contributed by atoms with Crippen LogP contribution in [0.1, 0.15) is 19.4 Å². The van der Waals surface area contributed by atoms with Crippen molar-refractivity contribution in [3.63, 3.8) is 0 Å². The van der Waals surface area contributed by atoms with Gasteiger partial charge in [-0.25, -0.2) is 4.98 Å². The second-order valence-corrected chi connectivity index (χ2v) is 4.67. The zero-order valence-electron chi connectivity index (χ0n) is 12.1. The lowest BCUT2D eigenvalue weighted by atomic mass is 10.2. The Morgan fingerprint density at radius 2 is 2.05 bits per heavy atom. The van der Waals surface area contributed by atoms with Gasteiger partial charge in [0.15, 0.2) is 0 Å². The second kappa shape index (κ2) is 6.19. The summed E-state index contributed by atoms with van der Waals surface area (Å²) in [5.74, 6) is 0.456. The molecule has 20 heavy (non-hydrogen) atoms. The summed E-state index contributed by atoms with van der Waals surface area (Å²) in [6, 6.07) is 12.1. The molecule has 0 unspecified atom stereocenters. The molecule has 0 bridgehead atoms. The average molecular weight is 269 g/mol. The van der Waals surface area contributed by atoms with Crippen LogP contribution < -0.4 is 10.2 Å². The Morgan fingerprint density at radius 3 is 2.60 bits per heavy atom. The summed E-state index contributed by atoms with van der Waals surface area (Å²) in [6.45, 7) is 6.50. The lowest BCUT2D eigenvalue weighted by Crippen LogP contribution is -2.16. The number of benzene rings is 1. The first kappa shape index (κ1) is 14.1. The zero-order valence-corrected chi connectivity index (χ0v) is 12.1. The summed E-state index contributed by atoms with van der Waals surface area (Å²) < 4.78 is 0. The normalized spacial score (nSPS) is 10.2. The first-order chi connectivity index (χ1) is 9.60. The lowest BCUT2D eigenvalue weighted by Gasteiger charge is -2.23. The van der Waals surface area contributed by atoms with Crippen molar-refractivity contribution in [3.8, 4) is 0 Å². The van der Waals surface area contributed by atoms with Gasteiger partial charge in [-0.3, -0.25) is 4.79 Å². The summed E-state index contributed by atoms with van der Waals surface area (Å²) in [4.78, 5) is 17.4. The molecule has 0 saturated carbocycles. The summed E-state index contributed by atoms with van der Waals surface area (Å²) in [5, 5.41) is 2.67. The maximum atomic E-state index is 11.0.